The summed E-state index contributed by atoms with van der Waals surface area (Å²) in [4.78, 5) is 4.36. The van der Waals surface area contributed by atoms with Gasteiger partial charge in [0, 0.05) is 28.8 Å². The molecule has 0 saturated carbocycles. The summed E-state index contributed by atoms with van der Waals surface area (Å²) in [6.45, 7) is 2.02. The maximum absolute atomic E-state index is 6.23. The van der Waals surface area contributed by atoms with E-state index in [-0.39, 0.29) is 6.04 Å². The number of nitrogens with zero attached hydrogens (tertiary/aromatic N) is 1. The van der Waals surface area contributed by atoms with Gasteiger partial charge in [0.05, 0.1) is 5.02 Å². The van der Waals surface area contributed by atoms with Crippen LogP contribution in [0.4, 0.5) is 0 Å². The third-order valence-electron chi connectivity index (χ3n) is 2.78. The number of aromatic nitrogens is 1. The van der Waals surface area contributed by atoms with Crippen LogP contribution in [0, 0.1) is 6.92 Å². The molecule has 0 radical (unpaired) electrons. The summed E-state index contributed by atoms with van der Waals surface area (Å²) in [6, 6.07) is 9.69. The largest absolute Gasteiger partial charge is 0.324 e. The van der Waals surface area contributed by atoms with Gasteiger partial charge in [-0.2, -0.15) is 0 Å². The van der Waals surface area contributed by atoms with Crippen LogP contribution in [-0.2, 0) is 6.42 Å². The fourth-order valence-electron chi connectivity index (χ4n) is 1.76. The second-order valence-corrected chi connectivity index (χ2v) is 5.51. The molecule has 0 aliphatic carbocycles. The van der Waals surface area contributed by atoms with Crippen LogP contribution in [-0.4, -0.2) is 4.98 Å². The molecule has 0 aliphatic heterocycles. The van der Waals surface area contributed by atoms with Crippen molar-refractivity contribution >= 4 is 27.5 Å². The van der Waals surface area contributed by atoms with Crippen molar-refractivity contribution in [1.82, 2.24) is 4.98 Å². The van der Waals surface area contributed by atoms with Crippen molar-refractivity contribution < 1.29 is 0 Å². The van der Waals surface area contributed by atoms with Gasteiger partial charge in [0.1, 0.15) is 0 Å². The maximum atomic E-state index is 6.23. The van der Waals surface area contributed by atoms with Crippen LogP contribution in [0.15, 0.2) is 41.0 Å². The Morgan fingerprint density at radius 2 is 2.11 bits per heavy atom. The highest BCUT2D eigenvalue weighted by Crippen LogP contribution is 2.30. The van der Waals surface area contributed by atoms with Crippen LogP contribution in [0.25, 0.3) is 0 Å². The highest BCUT2D eigenvalue weighted by Gasteiger charge is 2.13. The zero-order chi connectivity index (χ0) is 13.1. The number of nitrogens with two attached hydrogens (primary N) is 1. The summed E-state index contributed by atoms with van der Waals surface area (Å²) in [6.07, 6.45) is 2.53. The molecule has 0 saturated heterocycles. The van der Waals surface area contributed by atoms with Crippen molar-refractivity contribution in [3.8, 4) is 0 Å². The van der Waals surface area contributed by atoms with E-state index in [9.17, 15) is 0 Å². The Bertz CT molecular complexity index is 540. The number of pyridine rings is 1. The van der Waals surface area contributed by atoms with Crippen LogP contribution >= 0.6 is 27.5 Å². The molecular weight excluding hydrogens is 312 g/mol. The lowest BCUT2D eigenvalue weighted by atomic mass is 10.0. The molecule has 0 amide bonds. The summed E-state index contributed by atoms with van der Waals surface area (Å²) in [5, 5.41) is 0.678. The van der Waals surface area contributed by atoms with Crippen molar-refractivity contribution in [3.05, 3.63) is 62.8 Å². The Hall–Kier alpha value is -0.900. The van der Waals surface area contributed by atoms with Gasteiger partial charge in [-0.3, -0.25) is 4.98 Å². The highest BCUT2D eigenvalue weighted by molar-refractivity contribution is 9.10. The molecule has 0 bridgehead atoms. The molecule has 0 spiro atoms. The Kier molecular flexibility index (Phi) is 4.38. The molecule has 1 atom stereocenters. The van der Waals surface area contributed by atoms with E-state index in [0.29, 0.717) is 11.4 Å². The third kappa shape index (κ3) is 3.10. The first-order chi connectivity index (χ1) is 8.58. The molecule has 0 aliphatic rings. The maximum Gasteiger partial charge on any atom is 0.0595 e. The molecule has 2 N–H and O–H groups in total. The van der Waals surface area contributed by atoms with Gasteiger partial charge < -0.3 is 5.73 Å². The van der Waals surface area contributed by atoms with Crippen molar-refractivity contribution in [3.63, 3.8) is 0 Å². The number of hydrogen-bond acceptors (Lipinski definition) is 2. The molecule has 1 aromatic heterocycles. The zero-order valence-corrected chi connectivity index (χ0v) is 12.4. The average Bonchev–Trinajstić information content (AvgIpc) is 2.35. The normalized spacial score (nSPS) is 12.4. The predicted molar refractivity (Wildman–Crippen MR) is 78.8 cm³/mol. The van der Waals surface area contributed by atoms with Gasteiger partial charge in [0.2, 0.25) is 0 Å². The molecule has 4 heteroatoms. The minimum atomic E-state index is -0.148. The molecule has 2 nitrogen and oxygen atoms in total. The van der Waals surface area contributed by atoms with E-state index >= 15 is 0 Å². The summed E-state index contributed by atoms with van der Waals surface area (Å²) in [7, 11) is 0. The van der Waals surface area contributed by atoms with Gasteiger partial charge in [-0.1, -0.05) is 29.8 Å². The number of halogens is 2. The predicted octanol–water partition coefficient (Wildman–Crippen LogP) is 4.05. The minimum absolute atomic E-state index is 0.148. The van der Waals surface area contributed by atoms with Gasteiger partial charge in [-0.25, -0.2) is 0 Å². The average molecular weight is 326 g/mol. The Morgan fingerprint density at radius 1 is 1.33 bits per heavy atom. The molecule has 2 rings (SSSR count). The fourth-order valence-corrected chi connectivity index (χ4v) is 2.41. The van der Waals surface area contributed by atoms with Crippen molar-refractivity contribution in [2.45, 2.75) is 19.4 Å². The van der Waals surface area contributed by atoms with E-state index in [4.69, 9.17) is 17.3 Å². The van der Waals surface area contributed by atoms with Crippen LogP contribution in [0.5, 0.6) is 0 Å². The Labute approximate surface area is 120 Å². The SMILES string of the molecule is Cc1ccc(CC(N)c2cccc(Br)c2Cl)nc1. The van der Waals surface area contributed by atoms with Crippen molar-refractivity contribution in [1.29, 1.82) is 0 Å². The second kappa shape index (κ2) is 5.83. The van der Waals surface area contributed by atoms with Crippen LogP contribution in [0.3, 0.4) is 0 Å². The monoisotopic (exact) mass is 324 g/mol. The first kappa shape index (κ1) is 13.5. The molecule has 1 unspecified atom stereocenters. The van der Waals surface area contributed by atoms with Gasteiger partial charge in [-0.15, -0.1) is 0 Å². The molecule has 1 heterocycles. The lowest BCUT2D eigenvalue weighted by Gasteiger charge is -2.14. The second-order valence-electron chi connectivity index (χ2n) is 4.28. The van der Waals surface area contributed by atoms with E-state index in [1.807, 2.05) is 43.5 Å². The summed E-state index contributed by atoms with van der Waals surface area (Å²) in [5.74, 6) is 0. The lowest BCUT2D eigenvalue weighted by molar-refractivity contribution is 0.706. The lowest BCUT2D eigenvalue weighted by Crippen LogP contribution is -2.14. The fraction of sp³-hybridized carbons (Fsp3) is 0.214. The topological polar surface area (TPSA) is 38.9 Å². The standard InChI is InChI=1S/C14H14BrClN2/c1-9-5-6-10(18-8-9)7-13(17)11-3-2-4-12(15)14(11)16/h2-6,8,13H,7,17H2,1H3. The first-order valence-electron chi connectivity index (χ1n) is 5.69. The van der Waals surface area contributed by atoms with Crippen molar-refractivity contribution in [2.75, 3.05) is 0 Å². The molecule has 0 fully saturated rings. The van der Waals surface area contributed by atoms with Crippen molar-refractivity contribution in [2.24, 2.45) is 5.73 Å². The molecular formula is C14H14BrClN2. The zero-order valence-electron chi connectivity index (χ0n) is 10.0. The summed E-state index contributed by atoms with van der Waals surface area (Å²) in [5.41, 5.74) is 9.25. The van der Waals surface area contributed by atoms with Crippen LogP contribution in [0.1, 0.15) is 22.9 Å². The Morgan fingerprint density at radius 3 is 2.78 bits per heavy atom. The molecule has 94 valence electrons. The first-order valence-corrected chi connectivity index (χ1v) is 6.86. The van der Waals surface area contributed by atoms with Gasteiger partial charge in [0.15, 0.2) is 0 Å². The van der Waals surface area contributed by atoms with E-state index in [0.717, 1.165) is 21.3 Å². The van der Waals surface area contributed by atoms with Crippen LogP contribution in [0.2, 0.25) is 5.02 Å². The van der Waals surface area contributed by atoms with Crippen LogP contribution < -0.4 is 5.73 Å². The quantitative estimate of drug-likeness (QED) is 0.924. The third-order valence-corrected chi connectivity index (χ3v) is 4.09. The highest BCUT2D eigenvalue weighted by atomic mass is 79.9. The Balaban J connectivity index is 2.19. The minimum Gasteiger partial charge on any atom is -0.324 e. The molecule has 2 aromatic rings. The van der Waals surface area contributed by atoms with E-state index in [1.165, 1.54) is 0 Å². The molecule has 18 heavy (non-hydrogen) atoms. The van der Waals surface area contributed by atoms with E-state index < -0.39 is 0 Å². The van der Waals surface area contributed by atoms with Gasteiger partial charge in [-0.05, 0) is 46.1 Å². The van der Waals surface area contributed by atoms with E-state index in [1.54, 1.807) is 0 Å². The van der Waals surface area contributed by atoms with Gasteiger partial charge >= 0.3 is 0 Å². The number of benzene rings is 1. The number of aryl methyl sites for hydroxylation is 1. The van der Waals surface area contributed by atoms with E-state index in [2.05, 4.69) is 20.9 Å². The summed E-state index contributed by atoms with van der Waals surface area (Å²) >= 11 is 9.64. The number of rotatable bonds is 3. The molecule has 1 aromatic carbocycles. The number of hydrogen-bond donors (Lipinski definition) is 1. The van der Waals surface area contributed by atoms with Gasteiger partial charge in [0.25, 0.3) is 0 Å². The smallest absolute Gasteiger partial charge is 0.0595 e. The summed E-state index contributed by atoms with van der Waals surface area (Å²) < 4.78 is 0.869.